The van der Waals surface area contributed by atoms with Gasteiger partial charge in [0.25, 0.3) is 0 Å². The van der Waals surface area contributed by atoms with Crippen LogP contribution in [-0.2, 0) is 4.79 Å². The highest BCUT2D eigenvalue weighted by Crippen LogP contribution is 2.32. The van der Waals surface area contributed by atoms with Gasteiger partial charge in [0.05, 0.1) is 5.41 Å². The summed E-state index contributed by atoms with van der Waals surface area (Å²) >= 11 is 0. The number of hydrogen-bond donors (Lipinski definition) is 0. The molecular weight excluding hydrogens is 220 g/mol. The van der Waals surface area contributed by atoms with Crippen LogP contribution in [0.15, 0.2) is 36.4 Å². The summed E-state index contributed by atoms with van der Waals surface area (Å²) in [5, 5.41) is 2.37. The van der Waals surface area contributed by atoms with Gasteiger partial charge in [-0.2, -0.15) is 0 Å². The van der Waals surface area contributed by atoms with E-state index in [1.807, 2.05) is 25.1 Å². The Bertz CT molecular complexity index is 543. The molecule has 0 aromatic heterocycles. The average Bonchev–Trinajstić information content (AvgIpc) is 2.76. The summed E-state index contributed by atoms with van der Waals surface area (Å²) in [6.45, 7) is 4.06. The molecule has 0 saturated heterocycles. The highest BCUT2D eigenvalue weighted by molar-refractivity contribution is 6.05. The predicted octanol–water partition coefficient (Wildman–Crippen LogP) is 2.58. The predicted molar refractivity (Wildman–Crippen MR) is 76.4 cm³/mol. The van der Waals surface area contributed by atoms with E-state index in [9.17, 15) is 4.79 Å². The molecule has 0 N–H and O–H groups in total. The summed E-state index contributed by atoms with van der Waals surface area (Å²) in [6, 6.07) is 8.23. The first kappa shape index (κ1) is 12.8. The molecule has 1 aromatic carbocycles. The second-order valence-corrected chi connectivity index (χ2v) is 4.93. The largest absolute Gasteiger partial charge is 0.294 e. The van der Waals surface area contributed by atoms with Gasteiger partial charge in [0.15, 0.2) is 5.78 Å². The van der Waals surface area contributed by atoms with E-state index in [1.165, 1.54) is 10.4 Å². The van der Waals surface area contributed by atoms with Crippen LogP contribution in [0.2, 0.25) is 0 Å². The summed E-state index contributed by atoms with van der Waals surface area (Å²) in [6.07, 6.45) is 10.9. The minimum absolute atomic E-state index is 0.203. The van der Waals surface area contributed by atoms with E-state index < -0.39 is 5.41 Å². The second-order valence-electron chi connectivity index (χ2n) is 4.93. The number of carbonyl (C=O) groups is 1. The van der Waals surface area contributed by atoms with Crippen molar-refractivity contribution in [2.75, 3.05) is 0 Å². The van der Waals surface area contributed by atoms with Gasteiger partial charge in [0.1, 0.15) is 0 Å². The average molecular weight is 240 g/mol. The summed E-state index contributed by atoms with van der Waals surface area (Å²) < 4.78 is 0. The number of fused-ring (bicyclic) bond motifs is 1. The van der Waals surface area contributed by atoms with E-state index in [0.29, 0.717) is 0 Å². The number of hydrogen-bond acceptors (Lipinski definition) is 1. The fourth-order valence-corrected chi connectivity index (χ4v) is 2.56. The van der Waals surface area contributed by atoms with Crippen LogP contribution >= 0.6 is 0 Å². The van der Waals surface area contributed by atoms with Gasteiger partial charge in [-0.15, -0.1) is 0 Å². The Labute approximate surface area is 109 Å². The van der Waals surface area contributed by atoms with Crippen molar-refractivity contribution in [2.24, 2.45) is 5.41 Å². The van der Waals surface area contributed by atoms with Crippen LogP contribution in [0.4, 0.5) is 0 Å². The number of rotatable bonds is 5. The molecule has 0 fully saturated rings. The molecule has 0 heterocycles. The fraction of sp³-hybridized carbons (Fsp3) is 0.353. The summed E-state index contributed by atoms with van der Waals surface area (Å²) in [4.78, 5) is 12.4. The van der Waals surface area contributed by atoms with Crippen LogP contribution in [0.1, 0.15) is 33.1 Å². The van der Waals surface area contributed by atoms with E-state index in [1.54, 1.807) is 6.08 Å². The molecule has 0 saturated carbocycles. The zero-order chi connectivity index (χ0) is 13.0. The summed E-state index contributed by atoms with van der Waals surface area (Å²) in [5.41, 5.74) is -0.411. The molecule has 0 spiro atoms. The van der Waals surface area contributed by atoms with Crippen molar-refractivity contribution in [2.45, 2.75) is 33.1 Å². The number of carbonyl (C=O) groups excluding carboxylic acids is 1. The minimum atomic E-state index is -0.411. The third kappa shape index (κ3) is 2.31. The van der Waals surface area contributed by atoms with Crippen molar-refractivity contribution in [3.05, 3.63) is 46.9 Å². The smallest absolute Gasteiger partial charge is 0.169 e. The third-order valence-corrected chi connectivity index (χ3v) is 3.54. The van der Waals surface area contributed by atoms with Gasteiger partial charge in [0, 0.05) is 0 Å². The van der Waals surface area contributed by atoms with Gasteiger partial charge in [-0.1, -0.05) is 62.3 Å². The number of allylic oxidation sites excluding steroid dienone is 2. The van der Waals surface area contributed by atoms with E-state index >= 15 is 0 Å². The first-order valence-corrected chi connectivity index (χ1v) is 6.70. The second kappa shape index (κ2) is 5.34. The molecule has 1 heteroatoms. The van der Waals surface area contributed by atoms with Crippen molar-refractivity contribution in [1.29, 1.82) is 0 Å². The Morgan fingerprint density at radius 1 is 1.22 bits per heavy atom. The van der Waals surface area contributed by atoms with Crippen LogP contribution in [0.5, 0.6) is 0 Å². The van der Waals surface area contributed by atoms with E-state index in [4.69, 9.17) is 0 Å². The first-order chi connectivity index (χ1) is 8.72. The monoisotopic (exact) mass is 240 g/mol. The Kier molecular flexibility index (Phi) is 3.81. The van der Waals surface area contributed by atoms with Crippen LogP contribution < -0.4 is 10.4 Å². The van der Waals surface area contributed by atoms with Gasteiger partial charge in [-0.25, -0.2) is 0 Å². The van der Waals surface area contributed by atoms with E-state index in [2.05, 4.69) is 31.2 Å². The van der Waals surface area contributed by atoms with Crippen molar-refractivity contribution in [3.8, 4) is 0 Å². The normalized spacial score (nSPS) is 16.1. The van der Waals surface area contributed by atoms with Crippen molar-refractivity contribution < 1.29 is 4.79 Å². The van der Waals surface area contributed by atoms with Gasteiger partial charge < -0.3 is 0 Å². The van der Waals surface area contributed by atoms with Crippen LogP contribution in [-0.4, -0.2) is 5.78 Å². The zero-order valence-electron chi connectivity index (χ0n) is 11.1. The SMILES string of the molecule is C/C=C/C(=O)C1(CCCC)C=c2ccccc2=C1. The van der Waals surface area contributed by atoms with E-state index in [0.717, 1.165) is 19.3 Å². The highest BCUT2D eigenvalue weighted by Gasteiger charge is 2.33. The number of benzene rings is 1. The fourth-order valence-electron chi connectivity index (χ4n) is 2.56. The van der Waals surface area contributed by atoms with Crippen LogP contribution in [0.3, 0.4) is 0 Å². The quantitative estimate of drug-likeness (QED) is 0.723. The first-order valence-electron chi connectivity index (χ1n) is 6.70. The van der Waals surface area contributed by atoms with Crippen LogP contribution in [0.25, 0.3) is 12.2 Å². The van der Waals surface area contributed by atoms with Crippen molar-refractivity contribution >= 4 is 17.9 Å². The lowest BCUT2D eigenvalue weighted by atomic mass is 9.79. The Morgan fingerprint density at radius 2 is 1.83 bits per heavy atom. The van der Waals surface area contributed by atoms with Crippen molar-refractivity contribution in [1.82, 2.24) is 0 Å². The third-order valence-electron chi connectivity index (χ3n) is 3.54. The topological polar surface area (TPSA) is 17.1 Å². The van der Waals surface area contributed by atoms with E-state index in [-0.39, 0.29) is 5.78 Å². The van der Waals surface area contributed by atoms with Gasteiger partial charge in [-0.3, -0.25) is 4.79 Å². The molecule has 1 aliphatic rings. The number of ketones is 1. The molecule has 0 unspecified atom stereocenters. The summed E-state index contributed by atoms with van der Waals surface area (Å²) in [7, 11) is 0. The summed E-state index contributed by atoms with van der Waals surface area (Å²) in [5.74, 6) is 0.203. The molecule has 94 valence electrons. The molecule has 1 aliphatic carbocycles. The standard InChI is InChI=1S/C17H20O/c1-3-5-11-17(16(18)8-4-2)12-14-9-6-7-10-15(14)13-17/h4,6-10,12-13H,3,5,11H2,1-2H3/b8-4+. The highest BCUT2D eigenvalue weighted by atomic mass is 16.1. The molecular formula is C17H20O. The molecule has 18 heavy (non-hydrogen) atoms. The molecule has 0 atom stereocenters. The molecule has 1 aromatic rings. The van der Waals surface area contributed by atoms with Gasteiger partial charge in [-0.05, 0) is 29.9 Å². The number of unbranched alkanes of at least 4 members (excludes halogenated alkanes) is 1. The lowest BCUT2D eigenvalue weighted by molar-refractivity contribution is -0.118. The lowest BCUT2D eigenvalue weighted by Crippen LogP contribution is -2.23. The molecule has 0 radical (unpaired) electrons. The molecule has 1 nitrogen and oxygen atoms in total. The van der Waals surface area contributed by atoms with Crippen LogP contribution in [0, 0.1) is 5.41 Å². The minimum Gasteiger partial charge on any atom is -0.294 e. The maximum Gasteiger partial charge on any atom is 0.169 e. The molecule has 0 amide bonds. The van der Waals surface area contributed by atoms with Crippen molar-refractivity contribution in [3.63, 3.8) is 0 Å². The maximum absolute atomic E-state index is 12.4. The Hall–Kier alpha value is -1.63. The molecule has 2 rings (SSSR count). The lowest BCUT2D eigenvalue weighted by Gasteiger charge is -2.22. The van der Waals surface area contributed by atoms with Gasteiger partial charge in [0.2, 0.25) is 0 Å². The molecule has 0 aliphatic heterocycles. The maximum atomic E-state index is 12.4. The molecule has 0 bridgehead atoms. The van der Waals surface area contributed by atoms with Gasteiger partial charge >= 0.3 is 0 Å². The zero-order valence-corrected chi connectivity index (χ0v) is 11.1. The Morgan fingerprint density at radius 3 is 2.33 bits per heavy atom. The Balaban J connectivity index is 2.47.